The van der Waals surface area contributed by atoms with Gasteiger partial charge in [-0.1, -0.05) is 5.11 Å². The summed E-state index contributed by atoms with van der Waals surface area (Å²) >= 11 is 3.32. The second-order valence-corrected chi connectivity index (χ2v) is 4.04. The molecule has 0 N–H and O–H groups in total. The van der Waals surface area contributed by atoms with E-state index in [-0.39, 0.29) is 6.54 Å². The average molecular weight is 254 g/mol. The van der Waals surface area contributed by atoms with Crippen molar-refractivity contribution < 1.29 is 0 Å². The minimum Gasteiger partial charge on any atom is -0.240 e. The Morgan fingerprint density at radius 2 is 2.43 bits per heavy atom. The van der Waals surface area contributed by atoms with Crippen LogP contribution in [0.25, 0.3) is 10.4 Å². The summed E-state index contributed by atoms with van der Waals surface area (Å²) in [5, 5.41) is 3.48. The van der Waals surface area contributed by atoms with Crippen LogP contribution in [0.2, 0.25) is 0 Å². The maximum atomic E-state index is 8.21. The van der Waals surface area contributed by atoms with Gasteiger partial charge in [0, 0.05) is 17.0 Å². The number of nitrogens with zero attached hydrogens (tertiary/aromatic N) is 5. The van der Waals surface area contributed by atoms with E-state index in [1.54, 1.807) is 6.20 Å². The molecule has 1 aliphatic carbocycles. The number of hydrogen-bond acceptors (Lipinski definition) is 3. The number of hydrogen-bond donors (Lipinski definition) is 0. The van der Waals surface area contributed by atoms with Crippen LogP contribution in [0.15, 0.2) is 15.8 Å². The fourth-order valence-electron chi connectivity index (χ4n) is 1.17. The molecule has 0 aliphatic heterocycles. The molecule has 0 aromatic carbocycles. The lowest BCUT2D eigenvalue weighted by Gasteiger charge is -2.01. The topological polar surface area (TPSA) is 74.5 Å². The first kappa shape index (κ1) is 9.43. The number of rotatable bonds is 3. The maximum absolute atomic E-state index is 8.21. The summed E-state index contributed by atoms with van der Waals surface area (Å²) in [6.07, 6.45) is 4.06. The molecule has 0 saturated heterocycles. The van der Waals surface area contributed by atoms with Crippen molar-refractivity contribution in [1.82, 2.24) is 9.97 Å². The van der Waals surface area contributed by atoms with E-state index in [0.29, 0.717) is 5.92 Å². The zero-order valence-electron chi connectivity index (χ0n) is 7.39. The molecule has 1 aromatic heterocycles. The average Bonchev–Trinajstić information content (AvgIpc) is 3.00. The summed E-state index contributed by atoms with van der Waals surface area (Å²) in [6, 6.07) is 0. The molecule has 2 rings (SSSR count). The summed E-state index contributed by atoms with van der Waals surface area (Å²) in [7, 11) is 0. The first-order valence-electron chi connectivity index (χ1n) is 4.33. The molecule has 0 spiro atoms. The van der Waals surface area contributed by atoms with Gasteiger partial charge in [-0.15, -0.1) is 0 Å². The minimum atomic E-state index is 0.277. The Labute approximate surface area is 89.3 Å². The number of aromatic nitrogens is 2. The smallest absolute Gasteiger partial charge is 0.131 e. The van der Waals surface area contributed by atoms with Crippen LogP contribution in [-0.2, 0) is 6.54 Å². The van der Waals surface area contributed by atoms with Crippen LogP contribution in [0.3, 0.4) is 0 Å². The van der Waals surface area contributed by atoms with Crippen molar-refractivity contribution in [3.8, 4) is 0 Å². The molecule has 6 heteroatoms. The molecule has 0 amide bonds. The lowest BCUT2D eigenvalue weighted by Crippen LogP contribution is -1.97. The summed E-state index contributed by atoms with van der Waals surface area (Å²) in [5.74, 6) is 1.39. The molecule has 72 valence electrons. The van der Waals surface area contributed by atoms with Gasteiger partial charge in [-0.25, -0.2) is 9.97 Å². The molecule has 1 aliphatic rings. The molecular formula is C8H8BrN5. The van der Waals surface area contributed by atoms with E-state index in [9.17, 15) is 0 Å². The van der Waals surface area contributed by atoms with Crippen LogP contribution in [0.5, 0.6) is 0 Å². The molecule has 1 saturated carbocycles. The van der Waals surface area contributed by atoms with Gasteiger partial charge in [0.2, 0.25) is 0 Å². The van der Waals surface area contributed by atoms with Crippen molar-refractivity contribution in [3.63, 3.8) is 0 Å². The molecule has 0 bridgehead atoms. The summed E-state index contributed by atoms with van der Waals surface area (Å²) in [5.41, 5.74) is 8.97. The minimum absolute atomic E-state index is 0.277. The van der Waals surface area contributed by atoms with E-state index >= 15 is 0 Å². The predicted octanol–water partition coefficient (Wildman–Crippen LogP) is 2.93. The van der Waals surface area contributed by atoms with Gasteiger partial charge in [-0.2, -0.15) is 0 Å². The molecule has 5 nitrogen and oxygen atoms in total. The molecule has 0 atom stereocenters. The van der Waals surface area contributed by atoms with E-state index < -0.39 is 0 Å². The molecule has 1 aromatic rings. The Hall–Kier alpha value is -1.13. The maximum Gasteiger partial charge on any atom is 0.131 e. The lowest BCUT2D eigenvalue weighted by atomic mass is 10.3. The Morgan fingerprint density at radius 3 is 3.07 bits per heavy atom. The zero-order chi connectivity index (χ0) is 9.97. The van der Waals surface area contributed by atoms with E-state index in [1.165, 1.54) is 12.8 Å². The van der Waals surface area contributed by atoms with Crippen molar-refractivity contribution in [2.45, 2.75) is 25.3 Å². The Balaban J connectivity index is 2.26. The predicted molar refractivity (Wildman–Crippen MR) is 54.6 cm³/mol. The van der Waals surface area contributed by atoms with Gasteiger partial charge in [0.15, 0.2) is 0 Å². The van der Waals surface area contributed by atoms with Crippen LogP contribution < -0.4 is 0 Å². The van der Waals surface area contributed by atoms with Gasteiger partial charge in [-0.05, 0) is 34.3 Å². The van der Waals surface area contributed by atoms with Gasteiger partial charge in [0.25, 0.3) is 0 Å². The molecule has 14 heavy (non-hydrogen) atoms. The highest BCUT2D eigenvalue weighted by atomic mass is 79.9. The van der Waals surface area contributed by atoms with Crippen molar-refractivity contribution >= 4 is 15.9 Å². The molecule has 0 radical (unpaired) electrons. The van der Waals surface area contributed by atoms with E-state index in [0.717, 1.165) is 16.0 Å². The van der Waals surface area contributed by atoms with Gasteiger partial charge in [-0.3, -0.25) is 0 Å². The van der Waals surface area contributed by atoms with E-state index in [4.69, 9.17) is 5.53 Å². The van der Waals surface area contributed by atoms with Gasteiger partial charge >= 0.3 is 0 Å². The highest BCUT2D eigenvalue weighted by Crippen LogP contribution is 2.38. The second kappa shape index (κ2) is 3.94. The Morgan fingerprint density at radius 1 is 1.64 bits per heavy atom. The Bertz CT molecular complexity index is 395. The third-order valence-electron chi connectivity index (χ3n) is 2.06. The largest absolute Gasteiger partial charge is 0.240 e. The van der Waals surface area contributed by atoms with Crippen molar-refractivity contribution in [2.75, 3.05) is 0 Å². The van der Waals surface area contributed by atoms with Crippen LogP contribution in [-0.4, -0.2) is 9.97 Å². The second-order valence-electron chi connectivity index (χ2n) is 3.19. The fourth-order valence-corrected chi connectivity index (χ4v) is 1.48. The summed E-state index contributed by atoms with van der Waals surface area (Å²) < 4.78 is 0.800. The monoisotopic (exact) mass is 253 g/mol. The highest BCUT2D eigenvalue weighted by Gasteiger charge is 2.26. The lowest BCUT2D eigenvalue weighted by molar-refractivity contribution is 0.855. The number of halogens is 1. The molecule has 1 heterocycles. The van der Waals surface area contributed by atoms with Gasteiger partial charge in [0.05, 0.1) is 16.7 Å². The first-order chi connectivity index (χ1) is 6.81. The third kappa shape index (κ3) is 2.02. The quantitative estimate of drug-likeness (QED) is 0.472. The van der Waals surface area contributed by atoms with Crippen LogP contribution in [0, 0.1) is 0 Å². The highest BCUT2D eigenvalue weighted by molar-refractivity contribution is 9.10. The standard InChI is InChI=1S/C8H8BrN5/c9-6-3-11-8(5-1-2-5)13-7(6)4-12-14-10/h3,5H,1-2,4H2. The van der Waals surface area contributed by atoms with Gasteiger partial charge in [0.1, 0.15) is 5.82 Å². The first-order valence-corrected chi connectivity index (χ1v) is 5.12. The summed E-state index contributed by atoms with van der Waals surface area (Å²) in [6.45, 7) is 0.277. The molecule has 0 unspecified atom stereocenters. The van der Waals surface area contributed by atoms with Gasteiger partial charge < -0.3 is 0 Å². The third-order valence-corrected chi connectivity index (χ3v) is 2.72. The molecular weight excluding hydrogens is 246 g/mol. The van der Waals surface area contributed by atoms with Crippen molar-refractivity contribution in [3.05, 3.63) is 32.6 Å². The van der Waals surface area contributed by atoms with Crippen molar-refractivity contribution in [1.29, 1.82) is 0 Å². The van der Waals surface area contributed by atoms with E-state index in [2.05, 4.69) is 35.9 Å². The van der Waals surface area contributed by atoms with Crippen LogP contribution in [0.1, 0.15) is 30.3 Å². The molecule has 1 fully saturated rings. The Kier molecular flexibility index (Phi) is 2.65. The van der Waals surface area contributed by atoms with Crippen LogP contribution in [0.4, 0.5) is 0 Å². The SMILES string of the molecule is [N-]=[N+]=NCc1nc(C2CC2)ncc1Br. The summed E-state index contributed by atoms with van der Waals surface area (Å²) in [4.78, 5) is 11.3. The van der Waals surface area contributed by atoms with Crippen molar-refractivity contribution in [2.24, 2.45) is 5.11 Å². The fraction of sp³-hybridized carbons (Fsp3) is 0.500. The van der Waals surface area contributed by atoms with Crippen LogP contribution >= 0.6 is 15.9 Å². The number of azide groups is 1. The van der Waals surface area contributed by atoms with E-state index in [1.807, 2.05) is 0 Å². The zero-order valence-corrected chi connectivity index (χ0v) is 8.98. The normalized spacial score (nSPS) is 14.9.